The van der Waals surface area contributed by atoms with Crippen molar-refractivity contribution in [2.45, 2.75) is 32.1 Å². The average Bonchev–Trinajstić information content (AvgIpc) is 2.61. The third-order valence-corrected chi connectivity index (χ3v) is 4.22. The lowest BCUT2D eigenvalue weighted by Gasteiger charge is -2.38. The van der Waals surface area contributed by atoms with Crippen LogP contribution in [-0.2, 0) is 4.79 Å². The topological polar surface area (TPSA) is 17.1 Å². The van der Waals surface area contributed by atoms with Crippen LogP contribution in [0.25, 0.3) is 0 Å². The molecule has 0 spiro atoms. The first kappa shape index (κ1) is 7.78. The van der Waals surface area contributed by atoms with Crippen molar-refractivity contribution in [3.8, 4) is 0 Å². The zero-order valence-corrected chi connectivity index (χ0v) is 7.91. The van der Waals surface area contributed by atoms with Crippen LogP contribution < -0.4 is 0 Å². The maximum atomic E-state index is 12.0. The van der Waals surface area contributed by atoms with Gasteiger partial charge in [0, 0.05) is 11.8 Å². The molecule has 3 aliphatic carbocycles. The first-order valence-corrected chi connectivity index (χ1v) is 5.58. The van der Waals surface area contributed by atoms with E-state index >= 15 is 0 Å². The fourth-order valence-electron chi connectivity index (χ4n) is 3.56. The van der Waals surface area contributed by atoms with E-state index in [1.54, 1.807) is 0 Å². The van der Waals surface area contributed by atoms with E-state index in [0.29, 0.717) is 17.6 Å². The maximum Gasteiger partial charge on any atom is 0.143 e. The highest BCUT2D eigenvalue weighted by Gasteiger charge is 2.45. The van der Waals surface area contributed by atoms with Gasteiger partial charge in [-0.25, -0.2) is 0 Å². The highest BCUT2D eigenvalue weighted by Crippen LogP contribution is 2.47. The number of fused-ring (bicyclic) bond motifs is 4. The lowest BCUT2D eigenvalue weighted by atomic mass is 9.64. The van der Waals surface area contributed by atoms with Crippen LogP contribution in [0.3, 0.4) is 0 Å². The number of carbonyl (C=O) groups excluding carboxylic acids is 1. The Morgan fingerprint density at radius 2 is 2.00 bits per heavy atom. The lowest BCUT2D eigenvalue weighted by Crippen LogP contribution is -2.38. The number of Topliss-reactive ketones (excluding diaryl/α,β-unsaturated/α-hetero) is 1. The van der Waals surface area contributed by atoms with Gasteiger partial charge < -0.3 is 0 Å². The molecule has 0 aromatic heterocycles. The molecule has 0 aromatic carbocycles. The first-order valence-electron chi connectivity index (χ1n) is 5.58. The van der Waals surface area contributed by atoms with Crippen molar-refractivity contribution in [1.29, 1.82) is 0 Å². The van der Waals surface area contributed by atoms with Crippen LogP contribution in [0.2, 0.25) is 0 Å². The number of carbonyl (C=O) groups is 1. The molecule has 0 aromatic rings. The zero-order chi connectivity index (χ0) is 8.84. The van der Waals surface area contributed by atoms with Gasteiger partial charge in [0.05, 0.1) is 0 Å². The monoisotopic (exact) mass is 176 g/mol. The van der Waals surface area contributed by atoms with Crippen LogP contribution in [0.1, 0.15) is 32.1 Å². The Morgan fingerprint density at radius 1 is 1.15 bits per heavy atom. The van der Waals surface area contributed by atoms with E-state index < -0.39 is 0 Å². The molecule has 0 radical (unpaired) electrons. The molecule has 0 N–H and O–H groups in total. The normalized spacial score (nSPS) is 47.8. The summed E-state index contributed by atoms with van der Waals surface area (Å²) in [5.74, 6) is 2.79. The third-order valence-electron chi connectivity index (χ3n) is 4.22. The molecule has 0 aliphatic heterocycles. The Bertz CT molecular complexity index is 266. The second kappa shape index (κ2) is 2.70. The maximum absolute atomic E-state index is 12.0. The molecule has 0 saturated heterocycles. The van der Waals surface area contributed by atoms with Crippen molar-refractivity contribution in [2.75, 3.05) is 0 Å². The van der Waals surface area contributed by atoms with Gasteiger partial charge in [-0.2, -0.15) is 0 Å². The van der Waals surface area contributed by atoms with Crippen molar-refractivity contribution >= 4 is 5.78 Å². The minimum atomic E-state index is 0.310. The highest BCUT2D eigenvalue weighted by molar-refractivity contribution is 5.87. The average molecular weight is 176 g/mol. The van der Waals surface area contributed by atoms with Crippen LogP contribution in [0.5, 0.6) is 0 Å². The standard InChI is InChI=1S/C12H16O/c13-12-9-6-5-8(7-9)10-3-1-2-4-11(10)12/h5-6,8-11H,1-4,7H2/t8-,9+,10-,11-/m0/s1. The minimum Gasteiger partial charge on any atom is -0.299 e. The van der Waals surface area contributed by atoms with E-state index in [1.165, 1.54) is 25.7 Å². The number of hydrogen-bond donors (Lipinski definition) is 0. The summed E-state index contributed by atoms with van der Waals surface area (Å²) in [6.07, 6.45) is 10.7. The van der Waals surface area contributed by atoms with Crippen molar-refractivity contribution < 1.29 is 4.79 Å². The van der Waals surface area contributed by atoms with E-state index in [1.807, 2.05) is 0 Å². The number of rotatable bonds is 0. The van der Waals surface area contributed by atoms with Crippen LogP contribution in [-0.4, -0.2) is 5.78 Å². The van der Waals surface area contributed by atoms with Crippen LogP contribution in [0.4, 0.5) is 0 Å². The van der Waals surface area contributed by atoms with E-state index in [4.69, 9.17) is 0 Å². The molecular formula is C12H16O. The summed E-state index contributed by atoms with van der Waals surface area (Å²) < 4.78 is 0. The van der Waals surface area contributed by atoms with Gasteiger partial charge in [-0.1, -0.05) is 25.0 Å². The summed E-state index contributed by atoms with van der Waals surface area (Å²) in [6.45, 7) is 0. The van der Waals surface area contributed by atoms with Gasteiger partial charge in [-0.3, -0.25) is 4.79 Å². The molecular weight excluding hydrogens is 160 g/mol. The predicted molar refractivity (Wildman–Crippen MR) is 51.2 cm³/mol. The Morgan fingerprint density at radius 3 is 2.92 bits per heavy atom. The summed E-state index contributed by atoms with van der Waals surface area (Å²) in [7, 11) is 0. The molecule has 0 amide bonds. The van der Waals surface area contributed by atoms with E-state index in [0.717, 1.165) is 18.3 Å². The Balaban J connectivity index is 1.93. The minimum absolute atomic E-state index is 0.310. The molecule has 70 valence electrons. The number of hydrogen-bond acceptors (Lipinski definition) is 1. The molecule has 2 saturated carbocycles. The predicted octanol–water partition coefficient (Wildman–Crippen LogP) is 2.57. The van der Waals surface area contributed by atoms with Gasteiger partial charge in [0.1, 0.15) is 5.78 Å². The molecule has 2 fully saturated rings. The van der Waals surface area contributed by atoms with Crippen molar-refractivity contribution in [3.63, 3.8) is 0 Å². The molecule has 1 heteroatoms. The molecule has 3 rings (SSSR count). The Labute approximate surface area is 79.2 Å². The van der Waals surface area contributed by atoms with Crippen LogP contribution in [0, 0.1) is 23.7 Å². The van der Waals surface area contributed by atoms with E-state index in [2.05, 4.69) is 12.2 Å². The molecule has 1 nitrogen and oxygen atoms in total. The number of allylic oxidation sites excluding steroid dienone is 2. The largest absolute Gasteiger partial charge is 0.299 e. The van der Waals surface area contributed by atoms with Gasteiger partial charge in [0.2, 0.25) is 0 Å². The third kappa shape index (κ3) is 1.02. The number of ketones is 1. The highest BCUT2D eigenvalue weighted by atomic mass is 16.1. The van der Waals surface area contributed by atoms with Gasteiger partial charge in [0.15, 0.2) is 0 Å². The summed E-state index contributed by atoms with van der Waals surface area (Å²) in [5.41, 5.74) is 0. The zero-order valence-electron chi connectivity index (χ0n) is 7.91. The fourth-order valence-corrected chi connectivity index (χ4v) is 3.56. The molecule has 4 atom stereocenters. The van der Waals surface area contributed by atoms with Gasteiger partial charge >= 0.3 is 0 Å². The second-order valence-corrected chi connectivity index (χ2v) is 4.85. The van der Waals surface area contributed by atoms with Crippen molar-refractivity contribution in [3.05, 3.63) is 12.2 Å². The van der Waals surface area contributed by atoms with Crippen LogP contribution >= 0.6 is 0 Å². The summed E-state index contributed by atoms with van der Waals surface area (Å²) >= 11 is 0. The summed E-state index contributed by atoms with van der Waals surface area (Å²) in [4.78, 5) is 12.0. The van der Waals surface area contributed by atoms with Gasteiger partial charge in [0.25, 0.3) is 0 Å². The fraction of sp³-hybridized carbons (Fsp3) is 0.750. The molecule has 2 bridgehead atoms. The van der Waals surface area contributed by atoms with Crippen molar-refractivity contribution in [2.24, 2.45) is 23.7 Å². The molecule has 0 unspecified atom stereocenters. The quantitative estimate of drug-likeness (QED) is 0.518. The summed E-state index contributed by atoms with van der Waals surface area (Å²) in [5, 5.41) is 0. The van der Waals surface area contributed by atoms with Crippen molar-refractivity contribution in [1.82, 2.24) is 0 Å². The second-order valence-electron chi connectivity index (χ2n) is 4.85. The SMILES string of the molecule is O=C1[C@@H]2C=C[C@@H](C2)[C@@H]2CCCC[C@H]12. The smallest absolute Gasteiger partial charge is 0.143 e. The first-order chi connectivity index (χ1) is 6.36. The van der Waals surface area contributed by atoms with Crippen LogP contribution in [0.15, 0.2) is 12.2 Å². The molecule has 0 heterocycles. The van der Waals surface area contributed by atoms with E-state index in [-0.39, 0.29) is 0 Å². The van der Waals surface area contributed by atoms with Gasteiger partial charge in [-0.15, -0.1) is 0 Å². The Kier molecular flexibility index (Phi) is 1.61. The van der Waals surface area contributed by atoms with Gasteiger partial charge in [-0.05, 0) is 31.1 Å². The lowest BCUT2D eigenvalue weighted by molar-refractivity contribution is -0.131. The van der Waals surface area contributed by atoms with E-state index in [9.17, 15) is 4.79 Å². The Hall–Kier alpha value is -0.590. The molecule has 3 aliphatic rings. The molecule has 13 heavy (non-hydrogen) atoms. The summed E-state index contributed by atoms with van der Waals surface area (Å²) in [6, 6.07) is 0.